The van der Waals surface area contributed by atoms with Gasteiger partial charge in [0, 0.05) is 42.7 Å². The zero-order valence-corrected chi connectivity index (χ0v) is 15.7. The van der Waals surface area contributed by atoms with E-state index in [2.05, 4.69) is 0 Å². The molecule has 2 saturated carbocycles. The molecule has 2 heterocycles. The van der Waals surface area contributed by atoms with Crippen molar-refractivity contribution in [3.8, 4) is 0 Å². The summed E-state index contributed by atoms with van der Waals surface area (Å²) in [5.41, 5.74) is 3.78. The highest BCUT2D eigenvalue weighted by Gasteiger charge is 2.54. The topological polar surface area (TPSA) is 88.6 Å². The van der Waals surface area contributed by atoms with E-state index >= 15 is 8.78 Å². The van der Waals surface area contributed by atoms with Gasteiger partial charge in [0.1, 0.15) is 17.4 Å². The summed E-state index contributed by atoms with van der Waals surface area (Å²) in [6.07, 6.45) is 1.59. The van der Waals surface area contributed by atoms with Gasteiger partial charge in [-0.2, -0.15) is 0 Å². The van der Waals surface area contributed by atoms with Crippen LogP contribution in [0.15, 0.2) is 11.0 Å². The van der Waals surface area contributed by atoms with Crippen molar-refractivity contribution in [2.24, 2.45) is 11.1 Å². The van der Waals surface area contributed by atoms with Gasteiger partial charge < -0.3 is 20.3 Å². The molecule has 0 amide bonds. The molecule has 1 saturated heterocycles. The molecule has 1 aromatic heterocycles. The van der Waals surface area contributed by atoms with Crippen molar-refractivity contribution in [2.75, 3.05) is 18.0 Å². The van der Waals surface area contributed by atoms with Crippen LogP contribution in [-0.4, -0.2) is 40.9 Å². The first kappa shape index (κ1) is 18.5. The number of hydrogen-bond donors (Lipinski definition) is 2. The predicted molar refractivity (Wildman–Crippen MR) is 100 cm³/mol. The molecule has 2 aromatic rings. The van der Waals surface area contributed by atoms with Gasteiger partial charge in [-0.05, 0) is 19.8 Å². The van der Waals surface area contributed by atoms with Crippen molar-refractivity contribution in [1.82, 2.24) is 4.57 Å². The van der Waals surface area contributed by atoms with Gasteiger partial charge in [-0.3, -0.25) is 4.79 Å². The molecule has 1 unspecified atom stereocenters. The van der Waals surface area contributed by atoms with Crippen molar-refractivity contribution in [2.45, 2.75) is 44.4 Å². The molecule has 3 aliphatic rings. The highest BCUT2D eigenvalue weighted by molar-refractivity contribution is 5.95. The summed E-state index contributed by atoms with van der Waals surface area (Å²) in [4.78, 5) is 25.8. The van der Waals surface area contributed by atoms with Gasteiger partial charge in [-0.25, -0.2) is 18.0 Å². The Labute approximate surface area is 163 Å². The Balaban J connectivity index is 1.81. The maximum Gasteiger partial charge on any atom is 0.341 e. The lowest BCUT2D eigenvalue weighted by Gasteiger charge is -2.24. The Kier molecular flexibility index (Phi) is 3.66. The second-order valence-electron chi connectivity index (χ2n) is 8.58. The maximum atomic E-state index is 15.7. The normalized spacial score (nSPS) is 27.1. The standard InChI is InChI=1S/C20H20F3N3O3/c1-8-13-16(26(11-4-10(11)21)5-9(18(13)27)19(28)29)15(23)17(14(8)22)25-6-12(24)20(7-25)2-3-20/h5,10-12H,2-4,6-7,24H2,1H3,(H,28,29)/t10-,11+,12?/m0/s1. The number of carboxylic acids is 1. The number of fused-ring (bicyclic) bond motifs is 1. The summed E-state index contributed by atoms with van der Waals surface area (Å²) >= 11 is 0. The number of carboxylic acid groups (broad SMARTS) is 1. The summed E-state index contributed by atoms with van der Waals surface area (Å²) in [7, 11) is 0. The smallest absolute Gasteiger partial charge is 0.341 e. The minimum atomic E-state index is -1.52. The van der Waals surface area contributed by atoms with Crippen LogP contribution in [0.2, 0.25) is 0 Å². The number of alkyl halides is 1. The first-order chi connectivity index (χ1) is 13.7. The number of benzene rings is 1. The van der Waals surface area contributed by atoms with E-state index in [0.717, 1.165) is 23.6 Å². The van der Waals surface area contributed by atoms with Crippen LogP contribution in [0.4, 0.5) is 18.9 Å². The first-order valence-electron chi connectivity index (χ1n) is 9.60. The number of rotatable bonds is 3. The average Bonchev–Trinajstić information content (AvgIpc) is 3.55. The molecule has 3 N–H and O–H groups in total. The van der Waals surface area contributed by atoms with Crippen LogP contribution in [-0.2, 0) is 0 Å². The van der Waals surface area contributed by atoms with Gasteiger partial charge >= 0.3 is 5.97 Å². The Bertz CT molecular complexity index is 1140. The lowest BCUT2D eigenvalue weighted by molar-refractivity contribution is 0.0694. The van der Waals surface area contributed by atoms with Crippen LogP contribution in [0.1, 0.15) is 41.2 Å². The predicted octanol–water partition coefficient (Wildman–Crippen LogP) is 2.50. The highest BCUT2D eigenvalue weighted by Crippen LogP contribution is 2.53. The Hall–Kier alpha value is -2.55. The average molecular weight is 407 g/mol. The molecule has 1 aliphatic heterocycles. The molecule has 3 fully saturated rings. The number of hydrogen-bond acceptors (Lipinski definition) is 4. The summed E-state index contributed by atoms with van der Waals surface area (Å²) in [6, 6.07) is -0.980. The molecule has 5 rings (SSSR count). The third kappa shape index (κ3) is 2.46. The zero-order chi connectivity index (χ0) is 20.8. The fourth-order valence-electron chi connectivity index (χ4n) is 4.68. The van der Waals surface area contributed by atoms with E-state index in [4.69, 9.17) is 5.73 Å². The van der Waals surface area contributed by atoms with Crippen LogP contribution >= 0.6 is 0 Å². The minimum Gasteiger partial charge on any atom is -0.477 e. The summed E-state index contributed by atoms with van der Waals surface area (Å²) in [5.74, 6) is -3.40. The van der Waals surface area contributed by atoms with Gasteiger partial charge in [0.25, 0.3) is 0 Å². The fourth-order valence-corrected chi connectivity index (χ4v) is 4.68. The molecule has 0 bridgehead atoms. The van der Waals surface area contributed by atoms with Crippen LogP contribution in [0.25, 0.3) is 10.9 Å². The molecule has 29 heavy (non-hydrogen) atoms. The monoisotopic (exact) mass is 407 g/mol. The lowest BCUT2D eigenvalue weighted by atomic mass is 10.0. The number of pyridine rings is 1. The van der Waals surface area contributed by atoms with Gasteiger partial charge in [-0.1, -0.05) is 0 Å². The number of halogens is 3. The fraction of sp³-hybridized carbons (Fsp3) is 0.500. The van der Waals surface area contributed by atoms with E-state index < -0.39 is 40.8 Å². The zero-order valence-electron chi connectivity index (χ0n) is 15.7. The molecule has 1 aromatic carbocycles. The minimum absolute atomic E-state index is 0.0833. The van der Waals surface area contributed by atoms with Gasteiger partial charge in [-0.15, -0.1) is 0 Å². The number of aromatic carboxylic acids is 1. The number of nitrogens with two attached hydrogens (primary N) is 1. The third-order valence-corrected chi connectivity index (χ3v) is 6.75. The van der Waals surface area contributed by atoms with E-state index in [1.165, 1.54) is 6.92 Å². The van der Waals surface area contributed by atoms with Crippen LogP contribution in [0.3, 0.4) is 0 Å². The molecule has 2 aliphatic carbocycles. The maximum absolute atomic E-state index is 15.7. The van der Waals surface area contributed by atoms with Crippen molar-refractivity contribution >= 4 is 22.6 Å². The summed E-state index contributed by atoms with van der Waals surface area (Å²) < 4.78 is 46.0. The largest absolute Gasteiger partial charge is 0.477 e. The third-order valence-electron chi connectivity index (χ3n) is 6.75. The number of carbonyl (C=O) groups is 1. The lowest BCUT2D eigenvalue weighted by Crippen LogP contribution is -2.31. The Morgan fingerprint density at radius 2 is 1.97 bits per heavy atom. The van der Waals surface area contributed by atoms with E-state index in [1.54, 1.807) is 4.90 Å². The molecular weight excluding hydrogens is 387 g/mol. The van der Waals surface area contributed by atoms with Crippen molar-refractivity contribution in [1.29, 1.82) is 0 Å². The SMILES string of the molecule is Cc1c(F)c(N2CC(N)C3(CC3)C2)c(F)c2c1c(=O)c(C(=O)O)cn2[C@@H]1C[C@@H]1F. The second-order valence-corrected chi connectivity index (χ2v) is 8.58. The summed E-state index contributed by atoms with van der Waals surface area (Å²) in [5, 5.41) is 9.00. The quantitative estimate of drug-likeness (QED) is 0.816. The van der Waals surface area contributed by atoms with E-state index in [9.17, 15) is 19.1 Å². The first-order valence-corrected chi connectivity index (χ1v) is 9.60. The highest BCUT2D eigenvalue weighted by atomic mass is 19.1. The Morgan fingerprint density at radius 1 is 1.31 bits per heavy atom. The van der Waals surface area contributed by atoms with Crippen molar-refractivity contribution < 1.29 is 23.1 Å². The van der Waals surface area contributed by atoms with Gasteiger partial charge in [0.2, 0.25) is 5.43 Å². The number of nitrogens with zero attached hydrogens (tertiary/aromatic N) is 2. The van der Waals surface area contributed by atoms with Crippen LogP contribution in [0.5, 0.6) is 0 Å². The molecule has 154 valence electrons. The number of aryl methyl sites for hydroxylation is 1. The molecule has 3 atom stereocenters. The molecular formula is C20H20F3N3O3. The summed E-state index contributed by atoms with van der Waals surface area (Å²) in [6.45, 7) is 2.02. The number of anilines is 1. The van der Waals surface area contributed by atoms with Crippen molar-refractivity contribution in [3.05, 3.63) is 39.2 Å². The van der Waals surface area contributed by atoms with Gasteiger partial charge in [0.05, 0.1) is 16.9 Å². The molecule has 1 spiro atoms. The molecule has 9 heteroatoms. The second kappa shape index (κ2) is 5.75. The van der Waals surface area contributed by atoms with E-state index in [1.807, 2.05) is 0 Å². The van der Waals surface area contributed by atoms with E-state index in [-0.39, 0.29) is 46.6 Å². The van der Waals surface area contributed by atoms with E-state index in [0.29, 0.717) is 6.54 Å². The molecule has 6 nitrogen and oxygen atoms in total. The van der Waals surface area contributed by atoms with Gasteiger partial charge in [0.15, 0.2) is 11.6 Å². The Morgan fingerprint density at radius 3 is 2.48 bits per heavy atom. The molecule has 0 radical (unpaired) electrons. The van der Waals surface area contributed by atoms with Crippen LogP contribution in [0, 0.1) is 24.0 Å². The number of aromatic nitrogens is 1. The van der Waals surface area contributed by atoms with Crippen molar-refractivity contribution in [3.63, 3.8) is 0 Å². The van der Waals surface area contributed by atoms with Crippen LogP contribution < -0.4 is 16.1 Å².